The number of hydrogen-bond donors (Lipinski definition) is 3. The van der Waals surface area contributed by atoms with Crippen LogP contribution in [0, 0.1) is 0 Å². The number of H-pyrrole nitrogens is 1. The van der Waals surface area contributed by atoms with E-state index in [4.69, 9.17) is 0 Å². The molecular weight excluding hydrogens is 372 g/mol. The molecule has 0 aliphatic heterocycles. The van der Waals surface area contributed by atoms with E-state index < -0.39 is 23.0 Å². The van der Waals surface area contributed by atoms with E-state index in [1.165, 1.54) is 0 Å². The molecular formula is C21H20N4O4. The predicted molar refractivity (Wildman–Crippen MR) is 109 cm³/mol. The number of aromatic amines is 1. The number of nitrogens with one attached hydrogen (secondary N) is 2. The molecule has 29 heavy (non-hydrogen) atoms. The monoisotopic (exact) mass is 392 g/mol. The van der Waals surface area contributed by atoms with Crippen LogP contribution in [0.1, 0.15) is 34.8 Å². The number of carbonyl (C=O) groups is 1. The van der Waals surface area contributed by atoms with E-state index in [1.54, 1.807) is 49.4 Å². The third kappa shape index (κ3) is 4.49. The SMILES string of the molecule is CC/C(=N/NC(=O)c1ccccc1)c1c(O)n(Cc2ccccc2)c(=O)[nH]c1=O. The molecule has 0 spiro atoms. The van der Waals surface area contributed by atoms with Gasteiger partial charge < -0.3 is 5.11 Å². The fourth-order valence-corrected chi connectivity index (χ4v) is 2.82. The van der Waals surface area contributed by atoms with Gasteiger partial charge in [-0.3, -0.25) is 19.1 Å². The molecule has 0 radical (unpaired) electrons. The maximum absolute atomic E-state index is 12.4. The predicted octanol–water partition coefficient (Wildman–Crippen LogP) is 1.83. The molecule has 0 bridgehead atoms. The molecule has 1 heterocycles. The Hall–Kier alpha value is -3.94. The van der Waals surface area contributed by atoms with Crippen LogP contribution in [-0.4, -0.2) is 26.3 Å². The van der Waals surface area contributed by atoms with E-state index in [1.807, 2.05) is 18.2 Å². The molecule has 0 aliphatic carbocycles. The van der Waals surface area contributed by atoms with Gasteiger partial charge >= 0.3 is 5.69 Å². The number of carbonyl (C=O) groups excluding carboxylic acids is 1. The van der Waals surface area contributed by atoms with Gasteiger partial charge in [0, 0.05) is 5.56 Å². The summed E-state index contributed by atoms with van der Waals surface area (Å²) < 4.78 is 1.05. The first-order chi connectivity index (χ1) is 14.0. The van der Waals surface area contributed by atoms with E-state index in [0.717, 1.165) is 10.1 Å². The van der Waals surface area contributed by atoms with Crippen molar-refractivity contribution in [1.29, 1.82) is 0 Å². The highest BCUT2D eigenvalue weighted by Gasteiger charge is 2.19. The van der Waals surface area contributed by atoms with Crippen molar-refractivity contribution in [2.45, 2.75) is 19.9 Å². The topological polar surface area (TPSA) is 117 Å². The van der Waals surface area contributed by atoms with Gasteiger partial charge in [0.2, 0.25) is 5.88 Å². The lowest BCUT2D eigenvalue weighted by Gasteiger charge is -2.12. The van der Waals surface area contributed by atoms with Gasteiger partial charge in [0.05, 0.1) is 12.3 Å². The van der Waals surface area contributed by atoms with Crippen molar-refractivity contribution in [3.8, 4) is 5.88 Å². The average Bonchev–Trinajstić information content (AvgIpc) is 2.74. The van der Waals surface area contributed by atoms with Crippen molar-refractivity contribution in [3.63, 3.8) is 0 Å². The lowest BCUT2D eigenvalue weighted by molar-refractivity contribution is 0.0954. The highest BCUT2D eigenvalue weighted by Crippen LogP contribution is 2.15. The summed E-state index contributed by atoms with van der Waals surface area (Å²) in [6.07, 6.45) is 0.245. The highest BCUT2D eigenvalue weighted by molar-refractivity contribution is 6.03. The molecule has 8 heteroatoms. The number of aromatic hydroxyl groups is 1. The summed E-state index contributed by atoms with van der Waals surface area (Å²) in [5, 5.41) is 14.7. The molecule has 0 aliphatic rings. The normalized spacial score (nSPS) is 11.3. The lowest BCUT2D eigenvalue weighted by atomic mass is 10.1. The van der Waals surface area contributed by atoms with Crippen molar-refractivity contribution < 1.29 is 9.90 Å². The molecule has 3 N–H and O–H groups in total. The Morgan fingerprint density at radius 3 is 2.31 bits per heavy atom. The minimum atomic E-state index is -0.772. The molecule has 0 fully saturated rings. The zero-order chi connectivity index (χ0) is 20.8. The Morgan fingerprint density at radius 1 is 1.07 bits per heavy atom. The van der Waals surface area contributed by atoms with Crippen LogP contribution in [0.4, 0.5) is 0 Å². The smallest absolute Gasteiger partial charge is 0.331 e. The second kappa shape index (κ2) is 8.83. The number of rotatable bonds is 6. The second-order valence-electron chi connectivity index (χ2n) is 6.25. The van der Waals surface area contributed by atoms with Crippen LogP contribution < -0.4 is 16.7 Å². The van der Waals surface area contributed by atoms with E-state index in [-0.39, 0.29) is 24.2 Å². The Bertz CT molecular complexity index is 1150. The van der Waals surface area contributed by atoms with Gasteiger partial charge in [0.1, 0.15) is 5.56 Å². The van der Waals surface area contributed by atoms with Crippen LogP contribution in [0.5, 0.6) is 5.88 Å². The van der Waals surface area contributed by atoms with Crippen LogP contribution >= 0.6 is 0 Å². The maximum Gasteiger partial charge on any atom is 0.331 e. The molecule has 0 unspecified atom stereocenters. The summed E-state index contributed by atoms with van der Waals surface area (Å²) in [5.74, 6) is -0.956. The molecule has 3 aromatic rings. The number of nitrogens with zero attached hydrogens (tertiary/aromatic N) is 2. The van der Waals surface area contributed by atoms with Crippen LogP contribution in [0.2, 0.25) is 0 Å². The van der Waals surface area contributed by atoms with Crippen molar-refractivity contribution in [3.05, 3.63) is 98.2 Å². The molecule has 8 nitrogen and oxygen atoms in total. The molecule has 1 amide bonds. The first-order valence-electron chi connectivity index (χ1n) is 9.03. The fraction of sp³-hybridized carbons (Fsp3) is 0.143. The minimum absolute atomic E-state index is 0.0721. The van der Waals surface area contributed by atoms with Gasteiger partial charge in [-0.05, 0) is 24.1 Å². The number of benzene rings is 2. The van der Waals surface area contributed by atoms with Crippen LogP contribution in [0.3, 0.4) is 0 Å². The number of hydrazone groups is 1. The Morgan fingerprint density at radius 2 is 1.69 bits per heavy atom. The maximum atomic E-state index is 12.4. The highest BCUT2D eigenvalue weighted by atomic mass is 16.3. The lowest BCUT2D eigenvalue weighted by Crippen LogP contribution is -2.34. The summed E-state index contributed by atoms with van der Waals surface area (Å²) in [6, 6.07) is 17.5. The Balaban J connectivity index is 1.97. The van der Waals surface area contributed by atoms with Crippen LogP contribution in [-0.2, 0) is 6.54 Å². The molecule has 0 saturated carbocycles. The molecule has 3 rings (SSSR count). The molecule has 1 aromatic heterocycles. The standard InChI is InChI=1S/C21H20N4O4/c1-2-16(23-24-18(26)15-11-7-4-8-12-15)17-19(27)22-21(29)25(20(17)28)13-14-9-5-3-6-10-14/h3-12,28H,2,13H2,1H3,(H,24,26)(H,22,27,29)/b23-16-. The van der Waals surface area contributed by atoms with Crippen molar-refractivity contribution in [2.75, 3.05) is 0 Å². The first kappa shape index (κ1) is 19.8. The van der Waals surface area contributed by atoms with Gasteiger partial charge in [-0.25, -0.2) is 10.2 Å². The summed E-state index contributed by atoms with van der Waals surface area (Å²) in [6.45, 7) is 1.79. The summed E-state index contributed by atoms with van der Waals surface area (Å²) in [7, 11) is 0. The van der Waals surface area contributed by atoms with Gasteiger partial charge in [-0.1, -0.05) is 55.5 Å². The summed E-state index contributed by atoms with van der Waals surface area (Å²) >= 11 is 0. The summed E-state index contributed by atoms with van der Waals surface area (Å²) in [4.78, 5) is 39.0. The van der Waals surface area contributed by atoms with Crippen LogP contribution in [0.15, 0.2) is 75.4 Å². The number of aromatic nitrogens is 2. The Kier molecular flexibility index (Phi) is 6.03. The zero-order valence-electron chi connectivity index (χ0n) is 15.8. The third-order valence-corrected chi connectivity index (χ3v) is 4.31. The van der Waals surface area contributed by atoms with E-state index in [0.29, 0.717) is 5.56 Å². The van der Waals surface area contributed by atoms with Crippen molar-refractivity contribution >= 4 is 11.6 Å². The van der Waals surface area contributed by atoms with E-state index >= 15 is 0 Å². The molecule has 0 saturated heterocycles. The number of hydrogen-bond acceptors (Lipinski definition) is 5. The first-order valence-corrected chi connectivity index (χ1v) is 9.03. The minimum Gasteiger partial charge on any atom is -0.494 e. The Labute approximate surface area is 166 Å². The third-order valence-electron chi connectivity index (χ3n) is 4.31. The number of amides is 1. The van der Waals surface area contributed by atoms with Gasteiger partial charge in [0.15, 0.2) is 0 Å². The van der Waals surface area contributed by atoms with Gasteiger partial charge in [0.25, 0.3) is 11.5 Å². The zero-order valence-corrected chi connectivity index (χ0v) is 15.8. The average molecular weight is 392 g/mol. The summed E-state index contributed by atoms with van der Waals surface area (Å²) in [5.41, 5.74) is 2.05. The molecule has 2 aromatic carbocycles. The van der Waals surface area contributed by atoms with Gasteiger partial charge in [-0.15, -0.1) is 0 Å². The van der Waals surface area contributed by atoms with Crippen LogP contribution in [0.25, 0.3) is 0 Å². The quantitative estimate of drug-likeness (QED) is 0.438. The fourth-order valence-electron chi connectivity index (χ4n) is 2.82. The van der Waals surface area contributed by atoms with Crippen molar-refractivity contribution in [2.24, 2.45) is 5.10 Å². The largest absolute Gasteiger partial charge is 0.494 e. The molecule has 148 valence electrons. The molecule has 0 atom stereocenters. The van der Waals surface area contributed by atoms with Crippen molar-refractivity contribution in [1.82, 2.24) is 15.0 Å². The van der Waals surface area contributed by atoms with E-state index in [2.05, 4.69) is 15.5 Å². The van der Waals surface area contributed by atoms with E-state index in [9.17, 15) is 19.5 Å². The van der Waals surface area contributed by atoms with Gasteiger partial charge in [-0.2, -0.15) is 5.10 Å². The second-order valence-corrected chi connectivity index (χ2v) is 6.25.